The van der Waals surface area contributed by atoms with Crippen molar-refractivity contribution in [3.8, 4) is 0 Å². The zero-order valence-corrected chi connectivity index (χ0v) is 9.57. The summed E-state index contributed by atoms with van der Waals surface area (Å²) in [4.78, 5) is 13.8. The third-order valence-electron chi connectivity index (χ3n) is 2.05. The molecule has 3 heteroatoms. The second-order valence-electron chi connectivity index (χ2n) is 4.37. The van der Waals surface area contributed by atoms with Gasteiger partial charge in [0.15, 0.2) is 5.78 Å². The first kappa shape index (κ1) is 10.6. The number of carbonyl (C=O) groups is 1. The van der Waals surface area contributed by atoms with E-state index in [0.717, 1.165) is 17.3 Å². The van der Waals surface area contributed by atoms with E-state index in [9.17, 15) is 4.79 Å². The van der Waals surface area contributed by atoms with Gasteiger partial charge in [0.25, 0.3) is 0 Å². The van der Waals surface area contributed by atoms with Crippen LogP contribution in [0.5, 0.6) is 0 Å². The number of nitrogens with zero attached hydrogens (tertiary/aromatic N) is 1. The van der Waals surface area contributed by atoms with Crippen molar-refractivity contribution in [1.82, 2.24) is 4.90 Å². The molecule has 0 radical (unpaired) electrons. The summed E-state index contributed by atoms with van der Waals surface area (Å²) >= 11 is 1.76. The van der Waals surface area contributed by atoms with E-state index in [2.05, 4.69) is 4.90 Å². The largest absolute Gasteiger partial charge is 0.368 e. The summed E-state index contributed by atoms with van der Waals surface area (Å²) in [5.41, 5.74) is -0.253. The second kappa shape index (κ2) is 3.74. The summed E-state index contributed by atoms with van der Waals surface area (Å²) in [7, 11) is 2.03. The monoisotopic (exact) mass is 199 g/mol. The van der Waals surface area contributed by atoms with E-state index in [-0.39, 0.29) is 11.2 Å². The normalized spacial score (nSPS) is 21.2. The highest BCUT2D eigenvalue weighted by molar-refractivity contribution is 8.03. The molecule has 13 heavy (non-hydrogen) atoms. The van der Waals surface area contributed by atoms with Crippen molar-refractivity contribution in [2.75, 3.05) is 19.3 Å². The number of hydrogen-bond acceptors (Lipinski definition) is 3. The summed E-state index contributed by atoms with van der Waals surface area (Å²) < 4.78 is 0. The Hall–Kier alpha value is -0.440. The standard InChI is InChI=1S/C10H17NOS/c1-10(2,3)8(12)7-9-11(4)5-6-13-9/h7H,5-6H2,1-4H3/b9-7+. The van der Waals surface area contributed by atoms with Gasteiger partial charge < -0.3 is 4.90 Å². The number of rotatable bonds is 1. The predicted octanol–water partition coefficient (Wildman–Crippen LogP) is 2.12. The van der Waals surface area contributed by atoms with Gasteiger partial charge in [0.2, 0.25) is 0 Å². The van der Waals surface area contributed by atoms with Crippen LogP contribution in [0.3, 0.4) is 0 Å². The molecule has 1 saturated heterocycles. The van der Waals surface area contributed by atoms with Gasteiger partial charge in [-0.25, -0.2) is 0 Å². The lowest BCUT2D eigenvalue weighted by Crippen LogP contribution is -2.19. The Bertz CT molecular complexity index is 240. The maximum Gasteiger partial charge on any atom is 0.163 e. The average molecular weight is 199 g/mol. The number of ketones is 1. The lowest BCUT2D eigenvalue weighted by Gasteiger charge is -2.16. The van der Waals surface area contributed by atoms with Gasteiger partial charge in [0.05, 0.1) is 5.03 Å². The SMILES string of the molecule is CN1CCS/C1=C/C(=O)C(C)(C)C. The van der Waals surface area contributed by atoms with Crippen LogP contribution in [0.2, 0.25) is 0 Å². The van der Waals surface area contributed by atoms with Crippen LogP contribution >= 0.6 is 11.8 Å². The summed E-state index contributed by atoms with van der Waals surface area (Å²) in [5, 5.41) is 1.11. The molecule has 0 N–H and O–H groups in total. The van der Waals surface area contributed by atoms with Crippen LogP contribution in [-0.4, -0.2) is 30.0 Å². The molecular weight excluding hydrogens is 182 g/mol. The van der Waals surface area contributed by atoms with E-state index in [1.165, 1.54) is 0 Å². The molecule has 1 rings (SSSR count). The lowest BCUT2D eigenvalue weighted by molar-refractivity contribution is -0.121. The van der Waals surface area contributed by atoms with E-state index < -0.39 is 0 Å². The van der Waals surface area contributed by atoms with Crippen LogP contribution in [0.15, 0.2) is 11.1 Å². The second-order valence-corrected chi connectivity index (χ2v) is 5.48. The Labute approximate surface area is 84.4 Å². The summed E-state index contributed by atoms with van der Waals surface area (Å²) in [6, 6.07) is 0. The highest BCUT2D eigenvalue weighted by Gasteiger charge is 2.22. The van der Waals surface area contributed by atoms with E-state index >= 15 is 0 Å². The van der Waals surface area contributed by atoms with Crippen LogP contribution in [0.25, 0.3) is 0 Å². The van der Waals surface area contributed by atoms with Gasteiger partial charge in [0, 0.05) is 30.8 Å². The molecule has 1 aliphatic heterocycles. The minimum atomic E-state index is -0.253. The van der Waals surface area contributed by atoms with E-state index in [1.807, 2.05) is 27.8 Å². The Morgan fingerprint density at radius 1 is 1.54 bits per heavy atom. The molecule has 0 amide bonds. The van der Waals surface area contributed by atoms with Gasteiger partial charge in [-0.2, -0.15) is 0 Å². The van der Waals surface area contributed by atoms with E-state index in [4.69, 9.17) is 0 Å². The van der Waals surface area contributed by atoms with Gasteiger partial charge in [0.1, 0.15) is 0 Å². The van der Waals surface area contributed by atoms with Crippen molar-refractivity contribution in [2.24, 2.45) is 5.41 Å². The first-order valence-electron chi connectivity index (χ1n) is 4.51. The van der Waals surface area contributed by atoms with Crippen LogP contribution in [0.4, 0.5) is 0 Å². The number of thioether (sulfide) groups is 1. The van der Waals surface area contributed by atoms with E-state index in [1.54, 1.807) is 17.8 Å². The molecule has 0 aromatic heterocycles. The quantitative estimate of drug-likeness (QED) is 0.603. The van der Waals surface area contributed by atoms with Crippen molar-refractivity contribution in [3.05, 3.63) is 11.1 Å². The number of hydrogen-bond donors (Lipinski definition) is 0. The smallest absolute Gasteiger partial charge is 0.163 e. The first-order valence-corrected chi connectivity index (χ1v) is 5.50. The first-order chi connectivity index (χ1) is 5.91. The zero-order valence-electron chi connectivity index (χ0n) is 8.76. The average Bonchev–Trinajstić information content (AvgIpc) is 2.34. The lowest BCUT2D eigenvalue weighted by atomic mass is 9.91. The Morgan fingerprint density at radius 3 is 2.54 bits per heavy atom. The fourth-order valence-corrected chi connectivity index (χ4v) is 2.06. The van der Waals surface area contributed by atoms with Gasteiger partial charge in [-0.05, 0) is 0 Å². The van der Waals surface area contributed by atoms with E-state index in [0.29, 0.717) is 0 Å². The van der Waals surface area contributed by atoms with Gasteiger partial charge in [-0.15, -0.1) is 11.8 Å². The molecule has 0 spiro atoms. The molecule has 0 saturated carbocycles. The molecule has 1 heterocycles. The van der Waals surface area contributed by atoms with Crippen LogP contribution in [0, 0.1) is 5.41 Å². The summed E-state index contributed by atoms with van der Waals surface area (Å²) in [6.45, 7) is 6.90. The fraction of sp³-hybridized carbons (Fsp3) is 0.700. The van der Waals surface area contributed by atoms with Crippen LogP contribution in [-0.2, 0) is 4.79 Å². The van der Waals surface area contributed by atoms with Gasteiger partial charge in [-0.1, -0.05) is 20.8 Å². The number of carbonyl (C=O) groups excluding carboxylic acids is 1. The molecular formula is C10H17NOS. The predicted molar refractivity (Wildman–Crippen MR) is 57.6 cm³/mol. The third kappa shape index (κ3) is 2.76. The van der Waals surface area contributed by atoms with Crippen molar-refractivity contribution in [3.63, 3.8) is 0 Å². The highest BCUT2D eigenvalue weighted by Crippen LogP contribution is 2.27. The third-order valence-corrected chi connectivity index (χ3v) is 3.16. The molecule has 0 atom stereocenters. The fourth-order valence-electron chi connectivity index (χ4n) is 0.988. The zero-order chi connectivity index (χ0) is 10.1. The van der Waals surface area contributed by atoms with Gasteiger partial charge >= 0.3 is 0 Å². The minimum Gasteiger partial charge on any atom is -0.368 e. The molecule has 0 aromatic rings. The maximum atomic E-state index is 11.6. The van der Waals surface area contributed by atoms with Crippen molar-refractivity contribution >= 4 is 17.5 Å². The maximum absolute atomic E-state index is 11.6. The Balaban J connectivity index is 2.71. The highest BCUT2D eigenvalue weighted by atomic mass is 32.2. The molecule has 1 aliphatic rings. The summed E-state index contributed by atoms with van der Waals surface area (Å²) in [5.74, 6) is 1.31. The molecule has 1 fully saturated rings. The molecule has 0 aromatic carbocycles. The van der Waals surface area contributed by atoms with Crippen molar-refractivity contribution < 1.29 is 4.79 Å². The van der Waals surface area contributed by atoms with Crippen molar-refractivity contribution in [1.29, 1.82) is 0 Å². The van der Waals surface area contributed by atoms with Gasteiger partial charge in [-0.3, -0.25) is 4.79 Å². The Kier molecular flexibility index (Phi) is 3.06. The van der Waals surface area contributed by atoms with Crippen molar-refractivity contribution in [2.45, 2.75) is 20.8 Å². The van der Waals surface area contributed by atoms with Crippen LogP contribution < -0.4 is 0 Å². The molecule has 0 unspecified atom stereocenters. The molecule has 74 valence electrons. The summed E-state index contributed by atoms with van der Waals surface area (Å²) in [6.07, 6.45) is 1.78. The minimum absolute atomic E-state index is 0.212. The van der Waals surface area contributed by atoms with Crippen LogP contribution in [0.1, 0.15) is 20.8 Å². The molecule has 2 nitrogen and oxygen atoms in total. The number of allylic oxidation sites excluding steroid dienone is 1. The topological polar surface area (TPSA) is 20.3 Å². The molecule has 0 bridgehead atoms. The molecule has 0 aliphatic carbocycles. The Morgan fingerprint density at radius 2 is 2.15 bits per heavy atom.